The van der Waals surface area contributed by atoms with Crippen molar-refractivity contribution >= 4 is 27.2 Å². The highest BCUT2D eigenvalue weighted by Crippen LogP contribution is 2.43. The van der Waals surface area contributed by atoms with Gasteiger partial charge in [0.05, 0.1) is 37.1 Å². The van der Waals surface area contributed by atoms with Crippen LogP contribution in [0.5, 0.6) is 5.75 Å². The van der Waals surface area contributed by atoms with Gasteiger partial charge in [-0.05, 0) is 35.2 Å². The lowest BCUT2D eigenvalue weighted by atomic mass is 9.99. The van der Waals surface area contributed by atoms with Crippen molar-refractivity contribution in [1.82, 2.24) is 14.3 Å². The van der Waals surface area contributed by atoms with Gasteiger partial charge in [-0.1, -0.05) is 60.7 Å². The molecular weight excluding hydrogens is 486 g/mol. The van der Waals surface area contributed by atoms with Crippen LogP contribution in [0.25, 0.3) is 4.85 Å². The average Bonchev–Trinajstić information content (AvgIpc) is 3.45. The van der Waals surface area contributed by atoms with E-state index in [4.69, 9.17) is 11.3 Å². The summed E-state index contributed by atoms with van der Waals surface area (Å²) >= 11 is 0. The van der Waals surface area contributed by atoms with Crippen LogP contribution in [0.15, 0.2) is 85.3 Å². The Morgan fingerprint density at radius 2 is 1.73 bits per heavy atom. The number of sulfonamides is 1. The Kier molecular flexibility index (Phi) is 6.95. The van der Waals surface area contributed by atoms with E-state index in [-0.39, 0.29) is 13.2 Å². The normalized spacial score (nSPS) is 15.0. The predicted molar refractivity (Wildman–Crippen MR) is 143 cm³/mol. The van der Waals surface area contributed by atoms with E-state index >= 15 is 0 Å². The number of hydrogen-bond acceptors (Lipinski definition) is 5. The zero-order chi connectivity index (χ0) is 25.8. The molecule has 1 aromatic heterocycles. The van der Waals surface area contributed by atoms with Crippen molar-refractivity contribution in [2.75, 3.05) is 17.8 Å². The summed E-state index contributed by atoms with van der Waals surface area (Å²) in [6.45, 7) is 8.72. The molecule has 8 nitrogen and oxygen atoms in total. The van der Waals surface area contributed by atoms with Crippen molar-refractivity contribution < 1.29 is 13.2 Å². The lowest BCUT2D eigenvalue weighted by Crippen LogP contribution is -2.45. The maximum absolute atomic E-state index is 12.8. The lowest BCUT2D eigenvalue weighted by Gasteiger charge is -2.36. The molecule has 0 bridgehead atoms. The second kappa shape index (κ2) is 10.5. The molecule has 2 heterocycles. The molecule has 188 valence electrons. The van der Waals surface area contributed by atoms with Gasteiger partial charge >= 0.3 is 0 Å². The highest BCUT2D eigenvalue weighted by atomic mass is 32.2. The molecule has 0 amide bonds. The number of aromatic amines is 1. The minimum absolute atomic E-state index is 0.208. The molecule has 0 radical (unpaired) electrons. The third-order valence-corrected chi connectivity index (χ3v) is 7.68. The van der Waals surface area contributed by atoms with Crippen molar-refractivity contribution in [3.8, 4) is 5.75 Å². The first-order chi connectivity index (χ1) is 17.9. The molecule has 3 aromatic carbocycles. The molecule has 1 aliphatic heterocycles. The van der Waals surface area contributed by atoms with Crippen LogP contribution in [0.1, 0.15) is 16.7 Å². The molecule has 0 fully saturated rings. The van der Waals surface area contributed by atoms with Gasteiger partial charge in [-0.2, -0.15) is 4.31 Å². The summed E-state index contributed by atoms with van der Waals surface area (Å²) in [5, 5.41) is 0. The fourth-order valence-corrected chi connectivity index (χ4v) is 5.72. The van der Waals surface area contributed by atoms with Gasteiger partial charge in [0.1, 0.15) is 18.2 Å². The van der Waals surface area contributed by atoms with Gasteiger partial charge in [0.25, 0.3) is 0 Å². The average molecular weight is 514 g/mol. The first-order valence-electron chi connectivity index (χ1n) is 11.9. The van der Waals surface area contributed by atoms with Gasteiger partial charge in [-0.25, -0.2) is 18.2 Å². The van der Waals surface area contributed by atoms with Gasteiger partial charge < -0.3 is 14.6 Å². The number of nitrogens with zero attached hydrogens (tertiary/aromatic N) is 4. The van der Waals surface area contributed by atoms with E-state index in [1.165, 1.54) is 10.6 Å². The quantitative estimate of drug-likeness (QED) is 0.333. The van der Waals surface area contributed by atoms with Crippen LogP contribution < -0.4 is 9.64 Å². The monoisotopic (exact) mass is 513 g/mol. The number of imidazole rings is 1. The molecule has 1 aliphatic rings. The third kappa shape index (κ3) is 5.50. The Hall–Kier alpha value is -4.13. The molecule has 4 aromatic rings. The van der Waals surface area contributed by atoms with Crippen LogP contribution in [0.4, 0.5) is 17.2 Å². The van der Waals surface area contributed by atoms with Crippen LogP contribution >= 0.6 is 0 Å². The van der Waals surface area contributed by atoms with Gasteiger partial charge in [0.2, 0.25) is 10.0 Å². The Bertz CT molecular complexity index is 1500. The van der Waals surface area contributed by atoms with Crippen molar-refractivity contribution in [2.24, 2.45) is 0 Å². The minimum atomic E-state index is -3.51. The molecule has 9 heteroatoms. The standard InChI is InChI=1S/C28H27N5O3S/c1-29-24-13-23-14-25(33(37(2,34)35)18-22-11-7-4-8-12-22)19-36-28(23)26(15-24)32(27-16-30-20-31-27)17-21-9-5-3-6-10-21/h3-13,15-16,20,25H,14,17-19H2,2H3,(H,30,31). The summed E-state index contributed by atoms with van der Waals surface area (Å²) in [5.74, 6) is 1.42. The van der Waals surface area contributed by atoms with Crippen LogP contribution in [0.3, 0.4) is 0 Å². The zero-order valence-electron chi connectivity index (χ0n) is 20.4. The van der Waals surface area contributed by atoms with Gasteiger partial charge in [-0.3, -0.25) is 0 Å². The zero-order valence-corrected chi connectivity index (χ0v) is 21.2. The fourth-order valence-electron chi connectivity index (χ4n) is 4.66. The third-order valence-electron chi connectivity index (χ3n) is 6.40. The number of anilines is 2. The molecule has 0 spiro atoms. The number of rotatable bonds is 8. The second-order valence-electron chi connectivity index (χ2n) is 9.04. The number of nitrogens with one attached hydrogen (secondary N) is 1. The van der Waals surface area contributed by atoms with E-state index in [2.05, 4.69) is 14.8 Å². The van der Waals surface area contributed by atoms with E-state index < -0.39 is 16.1 Å². The summed E-state index contributed by atoms with van der Waals surface area (Å²) in [7, 11) is -3.51. The lowest BCUT2D eigenvalue weighted by molar-refractivity contribution is 0.180. The van der Waals surface area contributed by atoms with Crippen LogP contribution in [0.2, 0.25) is 0 Å². The maximum atomic E-state index is 12.8. The number of H-pyrrole nitrogens is 1. The Labute approximate surface area is 217 Å². The fraction of sp³-hybridized carbons (Fsp3) is 0.214. The number of benzene rings is 3. The molecule has 1 N–H and O–H groups in total. The Morgan fingerprint density at radius 1 is 1.05 bits per heavy atom. The minimum Gasteiger partial charge on any atom is -0.490 e. The largest absolute Gasteiger partial charge is 0.490 e. The first-order valence-corrected chi connectivity index (χ1v) is 13.7. The highest BCUT2D eigenvalue weighted by molar-refractivity contribution is 7.88. The first kappa shape index (κ1) is 24.6. The van der Waals surface area contributed by atoms with Crippen molar-refractivity contribution in [3.05, 3.63) is 113 Å². The molecule has 1 unspecified atom stereocenters. The van der Waals surface area contributed by atoms with E-state index in [1.54, 1.807) is 18.6 Å². The predicted octanol–water partition coefficient (Wildman–Crippen LogP) is 5.06. The SMILES string of the molecule is [C-]#[N+]c1cc2c(c(N(Cc3ccccc3)c3cnc[nH]3)c1)OCC(N(Cc1ccccc1)S(C)(=O)=O)C2. The Morgan fingerprint density at radius 3 is 2.32 bits per heavy atom. The molecule has 0 aliphatic carbocycles. The van der Waals surface area contributed by atoms with E-state index in [0.29, 0.717) is 24.4 Å². The van der Waals surface area contributed by atoms with Crippen LogP contribution in [-0.2, 0) is 29.5 Å². The van der Waals surface area contributed by atoms with Gasteiger partial charge in [0.15, 0.2) is 5.69 Å². The van der Waals surface area contributed by atoms with E-state index in [1.807, 2.05) is 71.6 Å². The van der Waals surface area contributed by atoms with Crippen LogP contribution in [0, 0.1) is 6.57 Å². The van der Waals surface area contributed by atoms with Crippen LogP contribution in [-0.4, -0.2) is 41.6 Å². The van der Waals surface area contributed by atoms with Gasteiger partial charge in [0, 0.05) is 13.1 Å². The second-order valence-corrected chi connectivity index (χ2v) is 11.0. The number of fused-ring (bicyclic) bond motifs is 1. The summed E-state index contributed by atoms with van der Waals surface area (Å²) in [6, 6.07) is 22.8. The molecular formula is C28H27N5O3S. The smallest absolute Gasteiger partial charge is 0.211 e. The van der Waals surface area contributed by atoms with Crippen molar-refractivity contribution in [1.29, 1.82) is 0 Å². The molecule has 1 atom stereocenters. The number of hydrogen-bond donors (Lipinski definition) is 1. The maximum Gasteiger partial charge on any atom is 0.211 e. The topological polar surface area (TPSA) is 82.9 Å². The summed E-state index contributed by atoms with van der Waals surface area (Å²) in [5.41, 5.74) is 3.99. The van der Waals surface area contributed by atoms with E-state index in [9.17, 15) is 8.42 Å². The highest BCUT2D eigenvalue weighted by Gasteiger charge is 2.33. The van der Waals surface area contributed by atoms with E-state index in [0.717, 1.165) is 28.2 Å². The van der Waals surface area contributed by atoms with Crippen molar-refractivity contribution in [2.45, 2.75) is 25.6 Å². The summed E-state index contributed by atoms with van der Waals surface area (Å²) < 4.78 is 33.4. The molecule has 5 rings (SSSR count). The Balaban J connectivity index is 1.53. The summed E-state index contributed by atoms with van der Waals surface area (Å²) in [6.07, 6.45) is 5.01. The van der Waals surface area contributed by atoms with Crippen molar-refractivity contribution in [3.63, 3.8) is 0 Å². The molecule has 0 saturated heterocycles. The summed E-state index contributed by atoms with van der Waals surface area (Å²) in [4.78, 5) is 13.1. The van der Waals surface area contributed by atoms with Gasteiger partial charge in [-0.15, -0.1) is 0 Å². The number of ether oxygens (including phenoxy) is 1. The number of aromatic nitrogens is 2. The molecule has 37 heavy (non-hydrogen) atoms. The molecule has 0 saturated carbocycles.